The molecule has 1 aromatic carbocycles. The standard InChI is InChI=1S/C16H20N6O3S/c1-19-11-13(17-18-19)16(23)21-9-7-12(8-10-21)22-15-6-4-3-5-14(15)20(2)26(22,24)25/h3-6,11-12H,7-10H2,1-2H3. The zero-order chi connectivity index (χ0) is 18.5. The number of amides is 1. The number of aromatic nitrogens is 3. The Morgan fingerprint density at radius 2 is 1.77 bits per heavy atom. The molecule has 1 aromatic heterocycles. The zero-order valence-electron chi connectivity index (χ0n) is 14.6. The molecule has 138 valence electrons. The first kappa shape index (κ1) is 16.8. The number of anilines is 2. The van der Waals surface area contributed by atoms with Gasteiger partial charge in [-0.25, -0.2) is 4.31 Å². The summed E-state index contributed by atoms with van der Waals surface area (Å²) in [4.78, 5) is 14.2. The number of likely N-dealkylation sites (tertiary alicyclic amines) is 1. The van der Waals surface area contributed by atoms with E-state index in [0.717, 1.165) is 0 Å². The van der Waals surface area contributed by atoms with Gasteiger partial charge in [0, 0.05) is 27.2 Å². The molecule has 0 aliphatic carbocycles. The monoisotopic (exact) mass is 376 g/mol. The van der Waals surface area contributed by atoms with Gasteiger partial charge in [0.2, 0.25) is 0 Å². The number of rotatable bonds is 2. The minimum absolute atomic E-state index is 0.168. The third-order valence-corrected chi connectivity index (χ3v) is 6.84. The third kappa shape index (κ3) is 2.52. The highest BCUT2D eigenvalue weighted by Gasteiger charge is 2.43. The molecular formula is C16H20N6O3S. The number of benzene rings is 1. The first-order chi connectivity index (χ1) is 12.4. The lowest BCUT2D eigenvalue weighted by molar-refractivity contribution is 0.0709. The van der Waals surface area contributed by atoms with Crippen LogP contribution in [0.4, 0.5) is 11.4 Å². The highest BCUT2D eigenvalue weighted by molar-refractivity contribution is 7.94. The predicted molar refractivity (Wildman–Crippen MR) is 96.2 cm³/mol. The Balaban J connectivity index is 1.52. The number of fused-ring (bicyclic) bond motifs is 1. The molecular weight excluding hydrogens is 356 g/mol. The summed E-state index contributed by atoms with van der Waals surface area (Å²) >= 11 is 0. The molecule has 1 fully saturated rings. The zero-order valence-corrected chi connectivity index (χ0v) is 15.4. The molecule has 0 unspecified atom stereocenters. The average Bonchev–Trinajstić information content (AvgIpc) is 3.15. The van der Waals surface area contributed by atoms with Crippen LogP contribution in [0.3, 0.4) is 0 Å². The van der Waals surface area contributed by atoms with Crippen molar-refractivity contribution in [2.75, 3.05) is 28.7 Å². The van der Waals surface area contributed by atoms with E-state index in [4.69, 9.17) is 0 Å². The van der Waals surface area contributed by atoms with Crippen molar-refractivity contribution in [2.24, 2.45) is 7.05 Å². The molecule has 0 N–H and O–H groups in total. The fourth-order valence-corrected chi connectivity index (χ4v) is 5.25. The van der Waals surface area contributed by atoms with Crippen molar-refractivity contribution in [1.82, 2.24) is 19.9 Å². The Hall–Kier alpha value is -2.62. The number of aryl methyl sites for hydroxylation is 1. The van der Waals surface area contributed by atoms with E-state index >= 15 is 0 Å². The summed E-state index contributed by atoms with van der Waals surface area (Å²) in [6.45, 7) is 0.968. The van der Waals surface area contributed by atoms with E-state index < -0.39 is 10.2 Å². The first-order valence-corrected chi connectivity index (χ1v) is 9.82. The molecule has 1 saturated heterocycles. The minimum atomic E-state index is -3.57. The highest BCUT2D eigenvalue weighted by Crippen LogP contribution is 2.42. The van der Waals surface area contributed by atoms with Crippen LogP contribution in [0.25, 0.3) is 0 Å². The number of para-hydroxylation sites is 2. The van der Waals surface area contributed by atoms with Gasteiger partial charge in [0.15, 0.2) is 5.69 Å². The largest absolute Gasteiger partial charge is 0.337 e. The molecule has 0 atom stereocenters. The van der Waals surface area contributed by atoms with Crippen molar-refractivity contribution in [3.8, 4) is 0 Å². The second-order valence-electron chi connectivity index (χ2n) is 6.56. The van der Waals surface area contributed by atoms with Crippen molar-refractivity contribution in [2.45, 2.75) is 18.9 Å². The summed E-state index contributed by atoms with van der Waals surface area (Å²) < 4.78 is 30.0. The SMILES string of the molecule is CN1c2ccccc2N(C2CCN(C(=O)c3cn(C)nn3)CC2)S1(=O)=O. The van der Waals surface area contributed by atoms with Crippen LogP contribution in [0.15, 0.2) is 30.5 Å². The van der Waals surface area contributed by atoms with Gasteiger partial charge in [-0.2, -0.15) is 8.42 Å². The molecule has 0 bridgehead atoms. The second kappa shape index (κ2) is 5.97. The summed E-state index contributed by atoms with van der Waals surface area (Å²) in [5.41, 5.74) is 1.70. The Kier molecular flexibility index (Phi) is 3.87. The maximum atomic E-state index is 12.8. The van der Waals surface area contributed by atoms with E-state index in [2.05, 4.69) is 10.3 Å². The normalized spacial score (nSPS) is 19.7. The molecule has 1 amide bonds. The van der Waals surface area contributed by atoms with Crippen LogP contribution in [-0.2, 0) is 17.3 Å². The Labute approximate surface area is 152 Å². The molecule has 26 heavy (non-hydrogen) atoms. The van der Waals surface area contributed by atoms with Gasteiger partial charge in [-0.05, 0) is 25.0 Å². The smallest absolute Gasteiger partial charge is 0.326 e. The average molecular weight is 376 g/mol. The van der Waals surface area contributed by atoms with E-state index in [-0.39, 0.29) is 11.9 Å². The molecule has 0 saturated carbocycles. The van der Waals surface area contributed by atoms with Crippen molar-refractivity contribution in [3.05, 3.63) is 36.2 Å². The van der Waals surface area contributed by atoms with E-state index in [1.807, 2.05) is 18.2 Å². The van der Waals surface area contributed by atoms with Crippen molar-refractivity contribution in [3.63, 3.8) is 0 Å². The summed E-state index contributed by atoms with van der Waals surface area (Å²) in [7, 11) is -0.293. The predicted octanol–water partition coefficient (Wildman–Crippen LogP) is 0.621. The van der Waals surface area contributed by atoms with Crippen molar-refractivity contribution in [1.29, 1.82) is 0 Å². The first-order valence-electron chi connectivity index (χ1n) is 8.42. The molecule has 9 nitrogen and oxygen atoms in total. The van der Waals surface area contributed by atoms with E-state index in [1.165, 1.54) is 13.3 Å². The number of carbonyl (C=O) groups is 1. The van der Waals surface area contributed by atoms with Gasteiger partial charge in [0.1, 0.15) is 0 Å². The quantitative estimate of drug-likeness (QED) is 0.766. The molecule has 3 heterocycles. The fraction of sp³-hybridized carbons (Fsp3) is 0.438. The van der Waals surface area contributed by atoms with Crippen molar-refractivity contribution >= 4 is 27.5 Å². The lowest BCUT2D eigenvalue weighted by Crippen LogP contribution is -2.49. The summed E-state index contributed by atoms with van der Waals surface area (Å²) in [5, 5.41) is 7.65. The van der Waals surface area contributed by atoms with Gasteiger partial charge >= 0.3 is 10.2 Å². The van der Waals surface area contributed by atoms with Gasteiger partial charge in [0.25, 0.3) is 5.91 Å². The molecule has 2 aromatic rings. The highest BCUT2D eigenvalue weighted by atomic mass is 32.2. The van der Waals surface area contributed by atoms with Gasteiger partial charge in [-0.3, -0.25) is 13.8 Å². The maximum Gasteiger partial charge on any atom is 0.326 e. The van der Waals surface area contributed by atoms with Crippen LogP contribution < -0.4 is 8.61 Å². The lowest BCUT2D eigenvalue weighted by atomic mass is 10.0. The molecule has 0 spiro atoms. The number of hydrogen-bond donors (Lipinski definition) is 0. The topological polar surface area (TPSA) is 91.6 Å². The van der Waals surface area contributed by atoms with Crippen LogP contribution >= 0.6 is 0 Å². The molecule has 4 rings (SSSR count). The van der Waals surface area contributed by atoms with E-state index in [1.54, 1.807) is 31.3 Å². The molecule has 0 radical (unpaired) electrons. The third-order valence-electron chi connectivity index (χ3n) is 4.96. The minimum Gasteiger partial charge on any atom is -0.337 e. The molecule has 2 aliphatic heterocycles. The van der Waals surface area contributed by atoms with Crippen LogP contribution in [0.1, 0.15) is 23.3 Å². The summed E-state index contributed by atoms with van der Waals surface area (Å²) in [6, 6.07) is 7.13. The Bertz CT molecular complexity index is 948. The molecule has 2 aliphatic rings. The number of carbonyl (C=O) groups excluding carboxylic acids is 1. The van der Waals surface area contributed by atoms with Gasteiger partial charge < -0.3 is 4.90 Å². The van der Waals surface area contributed by atoms with E-state index in [0.29, 0.717) is 43.0 Å². The van der Waals surface area contributed by atoms with Crippen LogP contribution in [0.5, 0.6) is 0 Å². The molecule has 10 heteroatoms. The summed E-state index contributed by atoms with van der Waals surface area (Å²) in [5.74, 6) is -0.168. The number of nitrogens with zero attached hydrogens (tertiary/aromatic N) is 6. The Morgan fingerprint density at radius 1 is 1.12 bits per heavy atom. The van der Waals surface area contributed by atoms with Gasteiger partial charge in [0.05, 0.1) is 23.6 Å². The van der Waals surface area contributed by atoms with Gasteiger partial charge in [-0.1, -0.05) is 17.3 Å². The number of hydrogen-bond acceptors (Lipinski definition) is 5. The van der Waals surface area contributed by atoms with Crippen LogP contribution in [0.2, 0.25) is 0 Å². The maximum absolute atomic E-state index is 12.8. The second-order valence-corrected chi connectivity index (χ2v) is 8.40. The number of piperidine rings is 1. The Morgan fingerprint density at radius 3 is 2.38 bits per heavy atom. The fourth-order valence-electron chi connectivity index (χ4n) is 3.59. The van der Waals surface area contributed by atoms with Gasteiger partial charge in [-0.15, -0.1) is 5.10 Å². The van der Waals surface area contributed by atoms with E-state index in [9.17, 15) is 13.2 Å². The van der Waals surface area contributed by atoms with Crippen LogP contribution in [-0.4, -0.2) is 60.4 Å². The van der Waals surface area contributed by atoms with Crippen molar-refractivity contribution < 1.29 is 13.2 Å². The lowest BCUT2D eigenvalue weighted by Gasteiger charge is -2.36. The summed E-state index contributed by atoms with van der Waals surface area (Å²) in [6.07, 6.45) is 2.74. The van der Waals surface area contributed by atoms with Crippen LogP contribution in [0, 0.1) is 0 Å².